The Labute approximate surface area is 152 Å². The fourth-order valence-corrected chi connectivity index (χ4v) is 4.48. The smallest absolute Gasteiger partial charge is 0.303 e. The molecular formula is C19H22ClN3O2. The maximum Gasteiger partial charge on any atom is 0.303 e. The van der Waals surface area contributed by atoms with Crippen LogP contribution in [0.2, 0.25) is 5.02 Å². The van der Waals surface area contributed by atoms with E-state index in [2.05, 4.69) is 11.4 Å². The molecule has 2 heterocycles. The number of nitrogens with zero attached hydrogens (tertiary/aromatic N) is 2. The van der Waals surface area contributed by atoms with Gasteiger partial charge in [-0.25, -0.2) is 4.68 Å². The standard InChI is InChI=1S/C19H22ClN3O2/c20-15-6-2-1-5-14(15)19(9-3-10-19)17-13(7-8-16(24)25)18-21-11-4-12-23(18)22-17/h1-2,5-6,21H,3-4,7-12H2,(H,24,25). The number of hydrogen-bond acceptors (Lipinski definition) is 3. The number of benzene rings is 1. The third kappa shape index (κ3) is 2.71. The first-order chi connectivity index (χ1) is 12.1. The van der Waals surface area contributed by atoms with Crippen molar-refractivity contribution in [2.24, 2.45) is 0 Å². The minimum atomic E-state index is -0.776. The molecule has 1 aromatic heterocycles. The molecule has 0 radical (unpaired) electrons. The fourth-order valence-electron chi connectivity index (χ4n) is 4.16. The van der Waals surface area contributed by atoms with Gasteiger partial charge in [0.1, 0.15) is 5.82 Å². The normalized spacial score (nSPS) is 18.1. The van der Waals surface area contributed by atoms with Crippen LogP contribution < -0.4 is 5.32 Å². The van der Waals surface area contributed by atoms with Crippen LogP contribution in [0.1, 0.15) is 48.9 Å². The molecule has 2 N–H and O–H groups in total. The maximum atomic E-state index is 11.2. The molecule has 4 rings (SSSR count). The molecule has 0 unspecified atom stereocenters. The monoisotopic (exact) mass is 359 g/mol. The average molecular weight is 360 g/mol. The van der Waals surface area contributed by atoms with Crippen molar-refractivity contribution in [1.29, 1.82) is 0 Å². The predicted octanol–water partition coefficient (Wildman–Crippen LogP) is 3.84. The summed E-state index contributed by atoms with van der Waals surface area (Å²) in [6, 6.07) is 7.99. The van der Waals surface area contributed by atoms with Crippen molar-refractivity contribution < 1.29 is 9.90 Å². The fraction of sp³-hybridized carbons (Fsp3) is 0.474. The summed E-state index contributed by atoms with van der Waals surface area (Å²) >= 11 is 6.53. The Kier molecular flexibility index (Phi) is 4.20. The Morgan fingerprint density at radius 3 is 2.80 bits per heavy atom. The van der Waals surface area contributed by atoms with Crippen LogP contribution in [0.15, 0.2) is 24.3 Å². The van der Waals surface area contributed by atoms with Gasteiger partial charge in [0, 0.05) is 35.5 Å². The Hall–Kier alpha value is -2.01. The lowest BCUT2D eigenvalue weighted by Crippen LogP contribution is -2.37. The molecule has 25 heavy (non-hydrogen) atoms. The van der Waals surface area contributed by atoms with E-state index >= 15 is 0 Å². The summed E-state index contributed by atoms with van der Waals surface area (Å²) in [5, 5.41) is 18.3. The molecule has 2 aliphatic rings. The largest absolute Gasteiger partial charge is 0.481 e. The summed E-state index contributed by atoms with van der Waals surface area (Å²) in [4.78, 5) is 11.2. The van der Waals surface area contributed by atoms with Gasteiger partial charge in [-0.05, 0) is 37.3 Å². The van der Waals surface area contributed by atoms with Crippen LogP contribution in [-0.4, -0.2) is 27.4 Å². The number of carbonyl (C=O) groups is 1. The van der Waals surface area contributed by atoms with Gasteiger partial charge in [0.15, 0.2) is 0 Å². The van der Waals surface area contributed by atoms with Gasteiger partial charge in [0.2, 0.25) is 0 Å². The molecule has 0 bridgehead atoms. The lowest BCUT2D eigenvalue weighted by atomic mass is 9.61. The SMILES string of the molecule is O=C(O)CCc1c(C2(c3ccccc3Cl)CCC2)nn2c1NCCC2. The number of halogens is 1. The highest BCUT2D eigenvalue weighted by molar-refractivity contribution is 6.31. The van der Waals surface area contributed by atoms with Crippen molar-refractivity contribution in [2.45, 2.75) is 50.5 Å². The number of aryl methyl sites for hydroxylation is 1. The minimum absolute atomic E-state index is 0.117. The van der Waals surface area contributed by atoms with Crippen molar-refractivity contribution in [2.75, 3.05) is 11.9 Å². The molecule has 1 fully saturated rings. The van der Waals surface area contributed by atoms with Crippen LogP contribution in [-0.2, 0) is 23.2 Å². The minimum Gasteiger partial charge on any atom is -0.481 e. The zero-order chi connectivity index (χ0) is 17.4. The number of nitrogens with one attached hydrogen (secondary N) is 1. The van der Waals surface area contributed by atoms with Crippen LogP contribution in [0, 0.1) is 0 Å². The topological polar surface area (TPSA) is 67.1 Å². The van der Waals surface area contributed by atoms with Crippen molar-refractivity contribution in [3.05, 3.63) is 46.1 Å². The highest BCUT2D eigenvalue weighted by atomic mass is 35.5. The first kappa shape index (κ1) is 16.5. The Morgan fingerprint density at radius 1 is 1.32 bits per heavy atom. The Bertz CT molecular complexity index is 811. The molecule has 0 amide bonds. The zero-order valence-corrected chi connectivity index (χ0v) is 14.9. The first-order valence-corrected chi connectivity index (χ1v) is 9.30. The van der Waals surface area contributed by atoms with E-state index in [4.69, 9.17) is 16.7 Å². The molecule has 1 saturated carbocycles. The molecule has 1 aliphatic heterocycles. The number of hydrogen-bond donors (Lipinski definition) is 2. The van der Waals surface area contributed by atoms with E-state index in [1.54, 1.807) is 0 Å². The van der Waals surface area contributed by atoms with Crippen molar-refractivity contribution in [3.8, 4) is 0 Å². The van der Waals surface area contributed by atoms with Gasteiger partial charge in [0.25, 0.3) is 0 Å². The summed E-state index contributed by atoms with van der Waals surface area (Å²) in [6.07, 6.45) is 4.80. The van der Waals surface area contributed by atoms with E-state index in [0.29, 0.717) is 6.42 Å². The highest BCUT2D eigenvalue weighted by Crippen LogP contribution is 2.52. The molecule has 2 aromatic rings. The van der Waals surface area contributed by atoms with Crippen LogP contribution in [0.3, 0.4) is 0 Å². The summed E-state index contributed by atoms with van der Waals surface area (Å²) in [6.45, 7) is 1.78. The summed E-state index contributed by atoms with van der Waals surface area (Å²) in [5.74, 6) is 0.225. The third-order valence-electron chi connectivity index (χ3n) is 5.53. The second-order valence-corrected chi connectivity index (χ2v) is 7.40. The predicted molar refractivity (Wildman–Crippen MR) is 97.4 cm³/mol. The average Bonchev–Trinajstić information content (AvgIpc) is 2.92. The summed E-state index contributed by atoms with van der Waals surface area (Å²) in [7, 11) is 0. The van der Waals surface area contributed by atoms with Gasteiger partial charge in [-0.3, -0.25) is 4.79 Å². The van der Waals surface area contributed by atoms with Crippen LogP contribution >= 0.6 is 11.6 Å². The molecule has 0 atom stereocenters. The van der Waals surface area contributed by atoms with Crippen molar-refractivity contribution in [3.63, 3.8) is 0 Å². The third-order valence-corrected chi connectivity index (χ3v) is 5.86. The maximum absolute atomic E-state index is 11.2. The van der Waals surface area contributed by atoms with E-state index in [0.717, 1.165) is 66.4 Å². The second-order valence-electron chi connectivity index (χ2n) is 6.99. The summed E-state index contributed by atoms with van der Waals surface area (Å²) in [5.41, 5.74) is 3.02. The molecule has 5 nitrogen and oxygen atoms in total. The van der Waals surface area contributed by atoms with E-state index < -0.39 is 5.97 Å². The zero-order valence-electron chi connectivity index (χ0n) is 14.1. The quantitative estimate of drug-likeness (QED) is 0.851. The number of carboxylic acids is 1. The van der Waals surface area contributed by atoms with Crippen LogP contribution in [0.25, 0.3) is 0 Å². The van der Waals surface area contributed by atoms with E-state index in [1.165, 1.54) is 0 Å². The molecule has 1 aromatic carbocycles. The molecule has 0 saturated heterocycles. The van der Waals surface area contributed by atoms with Gasteiger partial charge < -0.3 is 10.4 Å². The van der Waals surface area contributed by atoms with Crippen LogP contribution in [0.5, 0.6) is 0 Å². The van der Waals surface area contributed by atoms with E-state index in [-0.39, 0.29) is 11.8 Å². The lowest BCUT2D eigenvalue weighted by molar-refractivity contribution is -0.136. The van der Waals surface area contributed by atoms with Gasteiger partial charge in [-0.2, -0.15) is 5.10 Å². The van der Waals surface area contributed by atoms with Gasteiger partial charge in [0.05, 0.1) is 5.69 Å². The molecule has 0 spiro atoms. The molecule has 132 valence electrons. The van der Waals surface area contributed by atoms with Crippen molar-refractivity contribution in [1.82, 2.24) is 9.78 Å². The number of rotatable bonds is 5. The second kappa shape index (κ2) is 6.37. The lowest BCUT2D eigenvalue weighted by Gasteiger charge is -2.42. The number of aromatic nitrogens is 2. The molecule has 6 heteroatoms. The first-order valence-electron chi connectivity index (χ1n) is 8.93. The number of anilines is 1. The van der Waals surface area contributed by atoms with Gasteiger partial charge in [-0.15, -0.1) is 0 Å². The van der Waals surface area contributed by atoms with E-state index in [1.807, 2.05) is 22.9 Å². The summed E-state index contributed by atoms with van der Waals surface area (Å²) < 4.78 is 2.02. The van der Waals surface area contributed by atoms with Crippen molar-refractivity contribution >= 4 is 23.4 Å². The number of fused-ring (bicyclic) bond motifs is 1. The number of carboxylic acid groups (broad SMARTS) is 1. The highest BCUT2D eigenvalue weighted by Gasteiger charge is 2.46. The van der Waals surface area contributed by atoms with Crippen LogP contribution in [0.4, 0.5) is 5.82 Å². The molecular weight excluding hydrogens is 338 g/mol. The van der Waals surface area contributed by atoms with Gasteiger partial charge in [-0.1, -0.05) is 36.2 Å². The van der Waals surface area contributed by atoms with Gasteiger partial charge >= 0.3 is 5.97 Å². The number of aliphatic carboxylic acids is 1. The molecule has 1 aliphatic carbocycles. The Balaban J connectivity index is 1.84. The van der Waals surface area contributed by atoms with E-state index in [9.17, 15) is 9.90 Å². The Morgan fingerprint density at radius 2 is 2.12 bits per heavy atom.